The van der Waals surface area contributed by atoms with E-state index in [1.54, 1.807) is 14.2 Å². The molecule has 2 aromatic rings. The van der Waals surface area contributed by atoms with Crippen LogP contribution in [0.5, 0.6) is 11.5 Å². The van der Waals surface area contributed by atoms with E-state index in [0.717, 1.165) is 59.9 Å². The summed E-state index contributed by atoms with van der Waals surface area (Å²) < 4.78 is 11.6. The van der Waals surface area contributed by atoms with E-state index < -0.39 is 0 Å². The molecule has 0 spiro atoms. The number of methoxy groups -OCH3 is 2. The molecule has 1 aliphatic carbocycles. The molecule has 10 nitrogen and oxygen atoms in total. The second-order valence-corrected chi connectivity index (χ2v) is 7.98. The quantitative estimate of drug-likeness (QED) is 0.334. The molecule has 0 aromatic heterocycles. The highest BCUT2D eigenvalue weighted by atomic mass is 35.5. The van der Waals surface area contributed by atoms with Crippen LogP contribution in [0.25, 0.3) is 0 Å². The number of benzene rings is 2. The lowest BCUT2D eigenvalue weighted by Gasteiger charge is -2.33. The molecule has 2 unspecified atom stereocenters. The van der Waals surface area contributed by atoms with Gasteiger partial charge in [-0.3, -0.25) is 0 Å². The fourth-order valence-corrected chi connectivity index (χ4v) is 4.58. The van der Waals surface area contributed by atoms with Gasteiger partial charge in [-0.05, 0) is 23.3 Å². The van der Waals surface area contributed by atoms with Crippen LogP contribution in [0.4, 0.5) is 0 Å². The van der Waals surface area contributed by atoms with Crippen molar-refractivity contribution in [3.05, 3.63) is 58.7 Å². The molecule has 2 heterocycles. The normalized spacial score (nSPS) is 19.6. The van der Waals surface area contributed by atoms with Gasteiger partial charge in [0.1, 0.15) is 11.5 Å². The number of fused-ring (bicyclic) bond motifs is 2. The van der Waals surface area contributed by atoms with Crippen LogP contribution < -0.4 is 31.0 Å². The lowest BCUT2D eigenvalue weighted by molar-refractivity contribution is 0.393. The molecule has 0 bridgehead atoms. The Morgan fingerprint density at radius 3 is 1.58 bits per heavy atom. The summed E-state index contributed by atoms with van der Waals surface area (Å²) in [5, 5.41) is 15.4. The van der Waals surface area contributed by atoms with Crippen LogP contribution in [0, 0.1) is 0 Å². The third-order valence-corrected chi connectivity index (χ3v) is 6.07. The smallest absolute Gasteiger partial charge is 0.212 e. The minimum atomic E-state index is -0.149. The van der Waals surface area contributed by atoms with Gasteiger partial charge < -0.3 is 20.1 Å². The lowest BCUT2D eigenvalue weighted by Crippen LogP contribution is -2.31. The molecule has 2 aromatic carbocycles. The van der Waals surface area contributed by atoms with Gasteiger partial charge in [-0.15, -0.1) is 24.8 Å². The zero-order valence-electron chi connectivity index (χ0n) is 20.0. The molecular formula is C24H30Cl2N8O2. The van der Waals surface area contributed by atoms with Gasteiger partial charge in [0, 0.05) is 36.6 Å². The third-order valence-electron chi connectivity index (χ3n) is 6.07. The second kappa shape index (κ2) is 12.5. The first-order valence-corrected chi connectivity index (χ1v) is 11.3. The van der Waals surface area contributed by atoms with Crippen LogP contribution in [-0.4, -0.2) is 64.7 Å². The Hall–Kier alpha value is -3.50. The SMILES string of the molecule is COc1ccc(OC)c2c1C(/C=N/NC1=NCCN1)c1ccccc1C2/C=N/NC1=NCCN1.Cl.Cl. The van der Waals surface area contributed by atoms with Crippen molar-refractivity contribution < 1.29 is 9.47 Å². The Morgan fingerprint density at radius 2 is 1.22 bits per heavy atom. The molecule has 0 radical (unpaired) electrons. The molecule has 2 atom stereocenters. The number of aliphatic imine (C=N–C) groups is 2. The van der Waals surface area contributed by atoms with E-state index in [1.807, 2.05) is 36.7 Å². The fraction of sp³-hybridized carbons (Fsp3) is 0.333. The second-order valence-electron chi connectivity index (χ2n) is 7.98. The van der Waals surface area contributed by atoms with E-state index in [9.17, 15) is 0 Å². The molecule has 12 heteroatoms. The van der Waals surface area contributed by atoms with Gasteiger partial charge in [0.05, 0.1) is 39.1 Å². The molecule has 5 rings (SSSR count). The van der Waals surface area contributed by atoms with E-state index in [1.165, 1.54) is 0 Å². The molecule has 36 heavy (non-hydrogen) atoms. The van der Waals surface area contributed by atoms with Crippen molar-refractivity contribution >= 4 is 49.2 Å². The fourth-order valence-electron chi connectivity index (χ4n) is 4.58. The molecule has 2 aliphatic heterocycles. The molecule has 0 fully saturated rings. The largest absolute Gasteiger partial charge is 0.496 e. The van der Waals surface area contributed by atoms with Crippen LogP contribution in [0.2, 0.25) is 0 Å². The molecule has 192 valence electrons. The van der Waals surface area contributed by atoms with Crippen molar-refractivity contribution in [1.82, 2.24) is 21.5 Å². The van der Waals surface area contributed by atoms with Crippen molar-refractivity contribution in [3.8, 4) is 11.5 Å². The highest BCUT2D eigenvalue weighted by molar-refractivity contribution is 5.88. The van der Waals surface area contributed by atoms with Gasteiger partial charge >= 0.3 is 0 Å². The summed E-state index contributed by atoms with van der Waals surface area (Å²) in [4.78, 5) is 8.69. The molecule has 0 amide bonds. The van der Waals surface area contributed by atoms with E-state index >= 15 is 0 Å². The maximum Gasteiger partial charge on any atom is 0.212 e. The minimum absolute atomic E-state index is 0. The van der Waals surface area contributed by atoms with E-state index in [4.69, 9.17) is 9.47 Å². The zero-order chi connectivity index (χ0) is 23.3. The van der Waals surface area contributed by atoms with Gasteiger partial charge in [0.15, 0.2) is 0 Å². The number of guanidine groups is 2. The predicted octanol–water partition coefficient (Wildman–Crippen LogP) is 2.19. The van der Waals surface area contributed by atoms with Crippen molar-refractivity contribution in [1.29, 1.82) is 0 Å². The van der Waals surface area contributed by atoms with Crippen LogP contribution in [0.1, 0.15) is 34.1 Å². The topological polar surface area (TPSA) is 116 Å². The van der Waals surface area contributed by atoms with Crippen LogP contribution in [0.3, 0.4) is 0 Å². The van der Waals surface area contributed by atoms with Crippen molar-refractivity contribution in [2.45, 2.75) is 11.8 Å². The van der Waals surface area contributed by atoms with Gasteiger partial charge in [0.2, 0.25) is 11.9 Å². The standard InChI is InChI=1S/C24H28N8O2.2ClH/c1-33-19-7-8-20(34-2)22-18(14-30-32-24-27-11-12-28-24)16-6-4-3-5-15(16)17(21(19)22)13-29-31-23-25-9-10-26-23;;/h3-8,13-14,17-18H,9-12H2,1-2H3,(H2,25,26,31)(H2,27,28,32);2*1H/b29-13+,30-14+;;. The number of hydrazone groups is 2. The number of ether oxygens (including phenoxy) is 2. The summed E-state index contributed by atoms with van der Waals surface area (Å²) >= 11 is 0. The maximum atomic E-state index is 5.81. The summed E-state index contributed by atoms with van der Waals surface area (Å²) in [5.74, 6) is 2.60. The van der Waals surface area contributed by atoms with Crippen LogP contribution in [-0.2, 0) is 0 Å². The monoisotopic (exact) mass is 532 g/mol. The summed E-state index contributed by atoms with van der Waals surface area (Å²) in [6.07, 6.45) is 3.79. The van der Waals surface area contributed by atoms with Crippen molar-refractivity contribution in [3.63, 3.8) is 0 Å². The Labute approximate surface area is 222 Å². The molecular weight excluding hydrogens is 503 g/mol. The summed E-state index contributed by atoms with van der Waals surface area (Å²) in [6.45, 7) is 3.12. The number of halogens is 2. The first-order valence-electron chi connectivity index (χ1n) is 11.3. The maximum absolute atomic E-state index is 5.81. The summed E-state index contributed by atoms with van der Waals surface area (Å²) in [6, 6.07) is 12.2. The Kier molecular flexibility index (Phi) is 9.38. The van der Waals surface area contributed by atoms with Crippen LogP contribution >= 0.6 is 24.8 Å². The Morgan fingerprint density at radius 1 is 0.778 bits per heavy atom. The summed E-state index contributed by atoms with van der Waals surface area (Å²) in [5.41, 5.74) is 10.3. The predicted molar refractivity (Wildman–Crippen MR) is 148 cm³/mol. The number of nitrogens with one attached hydrogen (secondary N) is 4. The highest BCUT2D eigenvalue weighted by Gasteiger charge is 2.35. The molecule has 4 N–H and O–H groups in total. The van der Waals surface area contributed by atoms with Gasteiger partial charge in [-0.1, -0.05) is 24.3 Å². The lowest BCUT2D eigenvalue weighted by atomic mass is 9.72. The first-order chi connectivity index (χ1) is 16.8. The van der Waals surface area contributed by atoms with E-state index in [-0.39, 0.29) is 36.6 Å². The Balaban J connectivity index is 0.00000180. The molecule has 0 saturated carbocycles. The van der Waals surface area contributed by atoms with Gasteiger partial charge in [0.25, 0.3) is 0 Å². The highest BCUT2D eigenvalue weighted by Crippen LogP contribution is 2.49. The zero-order valence-corrected chi connectivity index (χ0v) is 21.7. The van der Waals surface area contributed by atoms with E-state index in [2.05, 4.69) is 53.8 Å². The number of rotatable bonds is 6. The average molecular weight is 533 g/mol. The van der Waals surface area contributed by atoms with E-state index in [0.29, 0.717) is 11.9 Å². The average Bonchev–Trinajstić information content (AvgIpc) is 3.59. The molecule has 0 saturated heterocycles. The van der Waals surface area contributed by atoms with Crippen molar-refractivity contribution in [2.75, 3.05) is 40.4 Å². The number of hydrogen-bond acceptors (Lipinski definition) is 10. The summed E-state index contributed by atoms with van der Waals surface area (Å²) in [7, 11) is 3.36. The van der Waals surface area contributed by atoms with Crippen LogP contribution in [0.15, 0.2) is 56.6 Å². The number of nitrogens with zero attached hydrogens (tertiary/aromatic N) is 4. The number of hydrogen-bond donors (Lipinski definition) is 4. The third kappa shape index (κ3) is 5.34. The minimum Gasteiger partial charge on any atom is -0.496 e. The van der Waals surface area contributed by atoms with Gasteiger partial charge in [-0.2, -0.15) is 10.2 Å². The Bertz CT molecular complexity index is 1090. The first kappa shape index (κ1) is 27.1. The molecule has 3 aliphatic rings. The van der Waals surface area contributed by atoms with Gasteiger partial charge in [-0.25, -0.2) is 20.8 Å². The van der Waals surface area contributed by atoms with Crippen molar-refractivity contribution in [2.24, 2.45) is 20.2 Å².